The summed E-state index contributed by atoms with van der Waals surface area (Å²) in [5, 5.41) is 13.7. The average Bonchev–Trinajstić information content (AvgIpc) is 2.83. The van der Waals surface area contributed by atoms with Gasteiger partial charge in [0.05, 0.1) is 12.0 Å². The van der Waals surface area contributed by atoms with Crippen LogP contribution < -0.4 is 0 Å². The summed E-state index contributed by atoms with van der Waals surface area (Å²) in [6.45, 7) is 5.89. The van der Waals surface area contributed by atoms with Crippen LogP contribution in [-0.2, 0) is 4.74 Å². The van der Waals surface area contributed by atoms with E-state index >= 15 is 0 Å². The summed E-state index contributed by atoms with van der Waals surface area (Å²) in [6.07, 6.45) is 1.95. The van der Waals surface area contributed by atoms with Crippen molar-refractivity contribution in [1.82, 2.24) is 10.1 Å². The first-order chi connectivity index (χ1) is 8.13. The highest BCUT2D eigenvalue weighted by Crippen LogP contribution is 2.23. The van der Waals surface area contributed by atoms with E-state index in [1.807, 2.05) is 13.8 Å². The molecule has 1 rings (SSSR count). The van der Waals surface area contributed by atoms with Crippen molar-refractivity contribution in [2.75, 3.05) is 7.11 Å². The van der Waals surface area contributed by atoms with Gasteiger partial charge >= 0.3 is 0 Å². The van der Waals surface area contributed by atoms with Crippen molar-refractivity contribution in [1.29, 1.82) is 0 Å². The highest BCUT2D eigenvalue weighted by Gasteiger charge is 2.23. The molecule has 5 nitrogen and oxygen atoms in total. The smallest absolute Gasteiger partial charge is 0.232 e. The molecule has 0 fully saturated rings. The molecule has 0 radical (unpaired) electrons. The Balaban J connectivity index is 2.76. The molecule has 0 spiro atoms. The molecule has 17 heavy (non-hydrogen) atoms. The first-order valence-electron chi connectivity index (χ1n) is 6.18. The van der Waals surface area contributed by atoms with E-state index in [0.717, 1.165) is 12.8 Å². The molecule has 5 heteroatoms. The normalized spacial score (nSPS) is 16.8. The maximum absolute atomic E-state index is 9.73. The number of hydrogen-bond donors (Lipinski definition) is 1. The lowest BCUT2D eigenvalue weighted by molar-refractivity contribution is 0.0854. The Morgan fingerprint density at radius 3 is 2.65 bits per heavy atom. The lowest BCUT2D eigenvalue weighted by Crippen LogP contribution is -2.15. The third-order valence-electron chi connectivity index (χ3n) is 2.97. The number of aliphatic hydroxyl groups excluding tert-OH is 1. The maximum atomic E-state index is 9.73. The van der Waals surface area contributed by atoms with E-state index in [0.29, 0.717) is 18.1 Å². The minimum atomic E-state index is -0.449. The number of aliphatic hydroxyl groups is 1. The van der Waals surface area contributed by atoms with E-state index < -0.39 is 6.10 Å². The Morgan fingerprint density at radius 2 is 2.12 bits per heavy atom. The second kappa shape index (κ2) is 6.71. The van der Waals surface area contributed by atoms with Crippen molar-refractivity contribution < 1.29 is 14.4 Å². The van der Waals surface area contributed by atoms with Crippen LogP contribution in [0.4, 0.5) is 0 Å². The van der Waals surface area contributed by atoms with Gasteiger partial charge in [-0.05, 0) is 12.8 Å². The van der Waals surface area contributed by atoms with E-state index in [1.54, 1.807) is 7.11 Å². The van der Waals surface area contributed by atoms with Crippen molar-refractivity contribution in [2.24, 2.45) is 0 Å². The fourth-order valence-electron chi connectivity index (χ4n) is 1.70. The van der Waals surface area contributed by atoms with E-state index in [2.05, 4.69) is 17.1 Å². The van der Waals surface area contributed by atoms with Crippen LogP contribution in [0.15, 0.2) is 4.52 Å². The molecule has 0 aliphatic carbocycles. The number of hydrogen-bond acceptors (Lipinski definition) is 5. The summed E-state index contributed by atoms with van der Waals surface area (Å²) < 4.78 is 10.5. The van der Waals surface area contributed by atoms with E-state index in [4.69, 9.17) is 9.26 Å². The van der Waals surface area contributed by atoms with Crippen LogP contribution in [0.1, 0.15) is 63.8 Å². The average molecular weight is 242 g/mol. The van der Waals surface area contributed by atoms with Crippen LogP contribution in [0.25, 0.3) is 0 Å². The van der Waals surface area contributed by atoms with E-state index in [-0.39, 0.29) is 12.0 Å². The van der Waals surface area contributed by atoms with Gasteiger partial charge in [-0.3, -0.25) is 0 Å². The zero-order valence-corrected chi connectivity index (χ0v) is 11.0. The Morgan fingerprint density at radius 1 is 1.41 bits per heavy atom. The zero-order valence-electron chi connectivity index (χ0n) is 11.0. The van der Waals surface area contributed by atoms with Crippen LogP contribution in [0.2, 0.25) is 0 Å². The molecule has 3 unspecified atom stereocenters. The standard InChI is InChI=1S/C12H22N2O3/c1-5-7-10(16-4)11-13-12(17-14-11)8(3)9(15)6-2/h8-10,15H,5-7H2,1-4H3. The number of nitrogens with zero attached hydrogens (tertiary/aromatic N) is 2. The second-order valence-corrected chi connectivity index (χ2v) is 4.27. The third-order valence-corrected chi connectivity index (χ3v) is 2.97. The van der Waals surface area contributed by atoms with Gasteiger partial charge in [-0.1, -0.05) is 32.3 Å². The molecule has 0 amide bonds. The van der Waals surface area contributed by atoms with Crippen LogP contribution in [0.3, 0.4) is 0 Å². The molecule has 0 saturated heterocycles. The summed E-state index contributed by atoms with van der Waals surface area (Å²) in [4.78, 5) is 4.31. The van der Waals surface area contributed by atoms with Gasteiger partial charge in [0.1, 0.15) is 6.10 Å². The van der Waals surface area contributed by atoms with Gasteiger partial charge < -0.3 is 14.4 Å². The Bertz CT molecular complexity index is 311. The number of aromatic nitrogens is 2. The lowest BCUT2D eigenvalue weighted by Gasteiger charge is -2.12. The van der Waals surface area contributed by atoms with Crippen LogP contribution in [-0.4, -0.2) is 28.5 Å². The fourth-order valence-corrected chi connectivity index (χ4v) is 1.70. The molecule has 1 aromatic rings. The molecular weight excluding hydrogens is 220 g/mol. The molecule has 0 saturated carbocycles. The molecule has 3 atom stereocenters. The van der Waals surface area contributed by atoms with Crippen molar-refractivity contribution in [3.05, 3.63) is 11.7 Å². The Kier molecular flexibility index (Phi) is 5.58. The monoisotopic (exact) mass is 242 g/mol. The molecule has 98 valence electrons. The predicted molar refractivity (Wildman–Crippen MR) is 63.7 cm³/mol. The maximum Gasteiger partial charge on any atom is 0.232 e. The summed E-state index contributed by atoms with van der Waals surface area (Å²) in [5.74, 6) is 0.910. The number of methoxy groups -OCH3 is 1. The van der Waals surface area contributed by atoms with E-state index in [9.17, 15) is 5.11 Å². The third kappa shape index (κ3) is 3.51. The lowest BCUT2D eigenvalue weighted by atomic mass is 10.0. The molecule has 1 heterocycles. The zero-order chi connectivity index (χ0) is 12.8. The Labute approximate surface area is 102 Å². The fraction of sp³-hybridized carbons (Fsp3) is 0.833. The van der Waals surface area contributed by atoms with Gasteiger partial charge in [-0.15, -0.1) is 0 Å². The summed E-state index contributed by atoms with van der Waals surface area (Å²) in [5.41, 5.74) is 0. The topological polar surface area (TPSA) is 68.4 Å². The molecule has 0 bridgehead atoms. The SMILES string of the molecule is CCCC(OC)c1noc(C(C)C(O)CC)n1. The molecule has 1 N–H and O–H groups in total. The van der Waals surface area contributed by atoms with Crippen molar-refractivity contribution in [3.63, 3.8) is 0 Å². The minimum Gasteiger partial charge on any atom is -0.392 e. The highest BCUT2D eigenvalue weighted by molar-refractivity contribution is 4.97. The molecule has 0 aliphatic heterocycles. The van der Waals surface area contributed by atoms with Crippen LogP contribution in [0.5, 0.6) is 0 Å². The van der Waals surface area contributed by atoms with Crippen LogP contribution >= 0.6 is 0 Å². The summed E-state index contributed by atoms with van der Waals surface area (Å²) in [6, 6.07) is 0. The van der Waals surface area contributed by atoms with Gasteiger partial charge in [0.2, 0.25) is 11.7 Å². The molecule has 0 aliphatic rings. The van der Waals surface area contributed by atoms with Crippen LogP contribution in [0, 0.1) is 0 Å². The second-order valence-electron chi connectivity index (χ2n) is 4.27. The van der Waals surface area contributed by atoms with Gasteiger partial charge in [0.25, 0.3) is 0 Å². The summed E-state index contributed by atoms with van der Waals surface area (Å²) in [7, 11) is 1.64. The van der Waals surface area contributed by atoms with E-state index in [1.165, 1.54) is 0 Å². The predicted octanol–water partition coefficient (Wildman–Crippen LogP) is 2.43. The van der Waals surface area contributed by atoms with Crippen molar-refractivity contribution in [3.8, 4) is 0 Å². The minimum absolute atomic E-state index is 0.122. The molecule has 0 aromatic carbocycles. The first-order valence-corrected chi connectivity index (χ1v) is 6.18. The van der Waals surface area contributed by atoms with Gasteiger partial charge in [-0.2, -0.15) is 4.98 Å². The van der Waals surface area contributed by atoms with Gasteiger partial charge in [0, 0.05) is 7.11 Å². The summed E-state index contributed by atoms with van der Waals surface area (Å²) >= 11 is 0. The largest absolute Gasteiger partial charge is 0.392 e. The molecule has 1 aromatic heterocycles. The Hall–Kier alpha value is -0.940. The van der Waals surface area contributed by atoms with Crippen molar-refractivity contribution >= 4 is 0 Å². The quantitative estimate of drug-likeness (QED) is 0.795. The van der Waals surface area contributed by atoms with Crippen molar-refractivity contribution in [2.45, 2.75) is 58.2 Å². The number of ether oxygens (including phenoxy) is 1. The number of rotatable bonds is 7. The molecular formula is C12H22N2O3. The van der Waals surface area contributed by atoms with Gasteiger partial charge in [0.15, 0.2) is 0 Å². The van der Waals surface area contributed by atoms with Gasteiger partial charge in [-0.25, -0.2) is 0 Å². The highest BCUT2D eigenvalue weighted by atomic mass is 16.5. The first kappa shape index (κ1) is 14.1.